The molecule has 0 radical (unpaired) electrons. The fraction of sp³-hybridized carbons (Fsp3) is 0.333. The normalized spacial score (nSPS) is 22.0. The Bertz CT molecular complexity index is 826. The molecule has 2 amide bonds. The number of nitrogens with one attached hydrogen (secondary N) is 1. The Balaban J connectivity index is 1.42. The number of carbonyl (C=O) groups is 2. The summed E-state index contributed by atoms with van der Waals surface area (Å²) in [7, 11) is 1.70. The lowest BCUT2D eigenvalue weighted by molar-refractivity contribution is 0.0552. The molecular formula is C18H19N5O3. The summed E-state index contributed by atoms with van der Waals surface area (Å²) in [6.45, 7) is 1.45. The summed E-state index contributed by atoms with van der Waals surface area (Å²) in [5.74, 6) is 0.274. The van der Waals surface area contributed by atoms with Crippen LogP contribution in [0.2, 0.25) is 0 Å². The van der Waals surface area contributed by atoms with E-state index in [0.29, 0.717) is 37.6 Å². The van der Waals surface area contributed by atoms with Crippen LogP contribution in [-0.2, 0) is 4.74 Å². The maximum Gasteiger partial charge on any atom is 0.410 e. The van der Waals surface area contributed by atoms with E-state index in [2.05, 4.69) is 15.3 Å². The quantitative estimate of drug-likeness (QED) is 0.907. The van der Waals surface area contributed by atoms with Crippen LogP contribution in [0.3, 0.4) is 0 Å². The number of rotatable bonds is 3. The van der Waals surface area contributed by atoms with Gasteiger partial charge in [0.25, 0.3) is 5.91 Å². The zero-order valence-electron chi connectivity index (χ0n) is 14.4. The highest BCUT2D eigenvalue weighted by Gasteiger charge is 2.49. The van der Waals surface area contributed by atoms with Crippen molar-refractivity contribution >= 4 is 23.6 Å². The highest BCUT2D eigenvalue weighted by atomic mass is 16.6. The van der Waals surface area contributed by atoms with Crippen LogP contribution in [0.15, 0.2) is 42.7 Å². The van der Waals surface area contributed by atoms with Crippen molar-refractivity contribution in [2.45, 2.75) is 12.0 Å². The molecule has 8 heteroatoms. The number of nitrogens with zero attached hydrogens (tertiary/aromatic N) is 4. The molecule has 1 N–H and O–H groups in total. The molecule has 26 heavy (non-hydrogen) atoms. The SMILES string of the molecule is CN1C[C@@]2(CCN(C(=O)c3cnc(Nc4ccccc4)nc3)C2)OC1=O. The van der Waals surface area contributed by atoms with Gasteiger partial charge in [-0.1, -0.05) is 18.2 Å². The predicted molar refractivity (Wildman–Crippen MR) is 94.1 cm³/mol. The molecule has 0 saturated carbocycles. The first kappa shape index (κ1) is 16.3. The van der Waals surface area contributed by atoms with Gasteiger partial charge in [-0.15, -0.1) is 0 Å². The van der Waals surface area contributed by atoms with Gasteiger partial charge in [-0.2, -0.15) is 0 Å². The van der Waals surface area contributed by atoms with Crippen molar-refractivity contribution in [1.29, 1.82) is 0 Å². The van der Waals surface area contributed by atoms with E-state index in [1.54, 1.807) is 16.8 Å². The van der Waals surface area contributed by atoms with Crippen LogP contribution in [0.1, 0.15) is 16.8 Å². The molecule has 1 atom stereocenters. The number of para-hydroxylation sites is 1. The minimum atomic E-state index is -0.586. The second-order valence-electron chi connectivity index (χ2n) is 6.67. The first-order valence-electron chi connectivity index (χ1n) is 8.42. The second kappa shape index (κ2) is 6.29. The van der Waals surface area contributed by atoms with E-state index in [-0.39, 0.29) is 12.0 Å². The summed E-state index contributed by atoms with van der Waals surface area (Å²) in [5, 5.41) is 3.08. The van der Waals surface area contributed by atoms with Gasteiger partial charge in [-0.3, -0.25) is 4.79 Å². The van der Waals surface area contributed by atoms with Gasteiger partial charge in [0.2, 0.25) is 5.95 Å². The maximum absolute atomic E-state index is 12.7. The Morgan fingerprint density at radius 1 is 1.19 bits per heavy atom. The van der Waals surface area contributed by atoms with Crippen molar-refractivity contribution in [2.75, 3.05) is 32.0 Å². The standard InChI is InChI=1S/C18H19N5O3/c1-22-11-18(26-17(22)25)7-8-23(12-18)15(24)13-9-19-16(20-10-13)21-14-5-3-2-4-6-14/h2-6,9-10H,7-8,11-12H2,1H3,(H,19,20,21)/t18-/m1/s1. The van der Waals surface area contributed by atoms with E-state index in [1.807, 2.05) is 30.3 Å². The molecule has 1 aromatic heterocycles. The number of likely N-dealkylation sites (N-methyl/N-ethyl adjacent to an activating group) is 1. The topological polar surface area (TPSA) is 87.7 Å². The monoisotopic (exact) mass is 353 g/mol. The molecule has 2 aliphatic rings. The molecule has 134 valence electrons. The van der Waals surface area contributed by atoms with E-state index in [4.69, 9.17) is 4.74 Å². The molecule has 3 heterocycles. The van der Waals surface area contributed by atoms with Gasteiger partial charge in [0.05, 0.1) is 18.7 Å². The second-order valence-corrected chi connectivity index (χ2v) is 6.67. The van der Waals surface area contributed by atoms with Gasteiger partial charge < -0.3 is 19.9 Å². The summed E-state index contributed by atoms with van der Waals surface area (Å²) in [4.78, 5) is 36.0. The van der Waals surface area contributed by atoms with E-state index >= 15 is 0 Å². The van der Waals surface area contributed by atoms with Crippen LogP contribution in [0.5, 0.6) is 0 Å². The number of likely N-dealkylation sites (tertiary alicyclic amines) is 1. The lowest BCUT2D eigenvalue weighted by Crippen LogP contribution is -2.39. The van der Waals surface area contributed by atoms with E-state index in [0.717, 1.165) is 5.69 Å². The lowest BCUT2D eigenvalue weighted by atomic mass is 10.0. The molecule has 2 fully saturated rings. The molecule has 2 aliphatic heterocycles. The minimum Gasteiger partial charge on any atom is -0.439 e. The van der Waals surface area contributed by atoms with Crippen molar-refractivity contribution in [1.82, 2.24) is 19.8 Å². The predicted octanol–water partition coefficient (Wildman–Crippen LogP) is 1.89. The Morgan fingerprint density at radius 2 is 1.92 bits per heavy atom. The van der Waals surface area contributed by atoms with Gasteiger partial charge in [0, 0.05) is 38.1 Å². The van der Waals surface area contributed by atoms with Crippen molar-refractivity contribution in [3.8, 4) is 0 Å². The number of aromatic nitrogens is 2. The number of benzene rings is 1. The van der Waals surface area contributed by atoms with Gasteiger partial charge in [0.1, 0.15) is 0 Å². The Labute approximate surface area is 150 Å². The van der Waals surface area contributed by atoms with Crippen LogP contribution in [0.4, 0.5) is 16.4 Å². The first-order valence-corrected chi connectivity index (χ1v) is 8.42. The van der Waals surface area contributed by atoms with Gasteiger partial charge in [0.15, 0.2) is 5.60 Å². The molecule has 2 aromatic rings. The Kier molecular flexibility index (Phi) is 3.95. The number of anilines is 2. The van der Waals surface area contributed by atoms with Crippen LogP contribution in [0, 0.1) is 0 Å². The summed E-state index contributed by atoms with van der Waals surface area (Å²) >= 11 is 0. The third kappa shape index (κ3) is 3.05. The lowest BCUT2D eigenvalue weighted by Gasteiger charge is -2.21. The molecule has 0 unspecified atom stereocenters. The Hall–Kier alpha value is -3.16. The smallest absolute Gasteiger partial charge is 0.410 e. The van der Waals surface area contributed by atoms with E-state index < -0.39 is 5.60 Å². The molecular weight excluding hydrogens is 334 g/mol. The van der Waals surface area contributed by atoms with E-state index in [1.165, 1.54) is 12.4 Å². The van der Waals surface area contributed by atoms with Crippen LogP contribution in [-0.4, -0.2) is 64.1 Å². The Morgan fingerprint density at radius 3 is 2.58 bits per heavy atom. The van der Waals surface area contributed by atoms with Crippen molar-refractivity contribution in [2.24, 2.45) is 0 Å². The van der Waals surface area contributed by atoms with Crippen LogP contribution in [0.25, 0.3) is 0 Å². The van der Waals surface area contributed by atoms with Crippen molar-refractivity contribution < 1.29 is 14.3 Å². The zero-order chi connectivity index (χ0) is 18.1. The molecule has 4 rings (SSSR count). The van der Waals surface area contributed by atoms with E-state index in [9.17, 15) is 9.59 Å². The van der Waals surface area contributed by atoms with Crippen LogP contribution < -0.4 is 5.32 Å². The summed E-state index contributed by atoms with van der Waals surface area (Å²) in [6, 6.07) is 9.57. The zero-order valence-corrected chi connectivity index (χ0v) is 14.4. The molecule has 1 spiro atoms. The fourth-order valence-corrected chi connectivity index (χ4v) is 3.36. The largest absolute Gasteiger partial charge is 0.439 e. The summed E-state index contributed by atoms with van der Waals surface area (Å²) in [5.41, 5.74) is 0.704. The molecule has 2 saturated heterocycles. The van der Waals surface area contributed by atoms with Crippen molar-refractivity contribution in [3.05, 3.63) is 48.3 Å². The highest BCUT2D eigenvalue weighted by molar-refractivity contribution is 5.94. The molecule has 0 bridgehead atoms. The average Bonchev–Trinajstić information content (AvgIpc) is 3.18. The minimum absolute atomic E-state index is 0.154. The third-order valence-electron chi connectivity index (χ3n) is 4.67. The third-order valence-corrected chi connectivity index (χ3v) is 4.67. The molecule has 0 aliphatic carbocycles. The fourth-order valence-electron chi connectivity index (χ4n) is 3.36. The average molecular weight is 353 g/mol. The highest BCUT2D eigenvalue weighted by Crippen LogP contribution is 2.32. The van der Waals surface area contributed by atoms with Crippen molar-refractivity contribution in [3.63, 3.8) is 0 Å². The maximum atomic E-state index is 12.7. The number of hydrogen-bond donors (Lipinski definition) is 1. The number of ether oxygens (including phenoxy) is 1. The summed E-state index contributed by atoms with van der Waals surface area (Å²) < 4.78 is 5.48. The van der Waals surface area contributed by atoms with Gasteiger partial charge in [-0.05, 0) is 12.1 Å². The van der Waals surface area contributed by atoms with Gasteiger partial charge >= 0.3 is 6.09 Å². The number of hydrogen-bond acceptors (Lipinski definition) is 6. The summed E-state index contributed by atoms with van der Waals surface area (Å²) in [6.07, 6.45) is 3.33. The van der Waals surface area contributed by atoms with Gasteiger partial charge in [-0.25, -0.2) is 14.8 Å². The molecule has 8 nitrogen and oxygen atoms in total. The van der Waals surface area contributed by atoms with Crippen LogP contribution >= 0.6 is 0 Å². The first-order chi connectivity index (χ1) is 12.5. The number of carbonyl (C=O) groups excluding carboxylic acids is 2. The number of amides is 2. The molecule has 1 aromatic carbocycles.